The first-order chi connectivity index (χ1) is 10.2. The Balaban J connectivity index is 1.86. The highest BCUT2D eigenvalue weighted by Gasteiger charge is 2.17. The van der Waals surface area contributed by atoms with Crippen LogP contribution in [0.4, 0.5) is 16.3 Å². The van der Waals surface area contributed by atoms with Crippen LogP contribution < -0.4 is 15.0 Å². The van der Waals surface area contributed by atoms with Crippen LogP contribution in [-0.4, -0.2) is 35.1 Å². The minimum Gasteiger partial charge on any atom is -0.424 e. The molecule has 110 valence electrons. The lowest BCUT2D eigenvalue weighted by Gasteiger charge is -2.16. The van der Waals surface area contributed by atoms with Crippen LogP contribution in [0, 0.1) is 5.82 Å². The summed E-state index contributed by atoms with van der Waals surface area (Å²) in [5.41, 5.74) is 0. The van der Waals surface area contributed by atoms with Gasteiger partial charge in [-0.1, -0.05) is 0 Å². The van der Waals surface area contributed by atoms with Crippen molar-refractivity contribution in [1.29, 1.82) is 0 Å². The zero-order valence-corrected chi connectivity index (χ0v) is 11.7. The highest BCUT2D eigenvalue weighted by Crippen LogP contribution is 2.23. The number of benzene rings is 1. The predicted molar refractivity (Wildman–Crippen MR) is 77.3 cm³/mol. The molecule has 21 heavy (non-hydrogen) atoms. The summed E-state index contributed by atoms with van der Waals surface area (Å²) in [6.07, 6.45) is 2.27. The SMILES string of the molecule is CNc1nc(Oc2ccc(F)cc2)nc(N2CCCC2)n1. The Morgan fingerprint density at radius 2 is 1.81 bits per heavy atom. The van der Waals surface area contributed by atoms with Crippen LogP contribution in [0.1, 0.15) is 12.8 Å². The summed E-state index contributed by atoms with van der Waals surface area (Å²) < 4.78 is 18.5. The lowest BCUT2D eigenvalue weighted by atomic mass is 10.3. The third kappa shape index (κ3) is 3.18. The van der Waals surface area contributed by atoms with Gasteiger partial charge in [0.25, 0.3) is 0 Å². The van der Waals surface area contributed by atoms with Gasteiger partial charge in [-0.2, -0.15) is 15.0 Å². The molecule has 0 atom stereocenters. The van der Waals surface area contributed by atoms with Crippen molar-refractivity contribution in [2.45, 2.75) is 12.8 Å². The second-order valence-corrected chi connectivity index (χ2v) is 4.74. The quantitative estimate of drug-likeness (QED) is 0.932. The largest absolute Gasteiger partial charge is 0.424 e. The number of hydrogen-bond donors (Lipinski definition) is 1. The summed E-state index contributed by atoms with van der Waals surface area (Å²) in [6, 6.07) is 5.93. The van der Waals surface area contributed by atoms with Crippen molar-refractivity contribution in [3.8, 4) is 11.8 Å². The third-order valence-electron chi connectivity index (χ3n) is 3.24. The highest BCUT2D eigenvalue weighted by atomic mass is 19.1. The Bertz CT molecular complexity index is 613. The average Bonchev–Trinajstić information content (AvgIpc) is 3.04. The first-order valence-electron chi connectivity index (χ1n) is 6.87. The molecule has 1 saturated heterocycles. The van der Waals surface area contributed by atoms with E-state index in [9.17, 15) is 4.39 Å². The monoisotopic (exact) mass is 289 g/mol. The van der Waals surface area contributed by atoms with Crippen LogP contribution in [0.15, 0.2) is 24.3 Å². The average molecular weight is 289 g/mol. The van der Waals surface area contributed by atoms with E-state index in [0.29, 0.717) is 17.6 Å². The van der Waals surface area contributed by atoms with Crippen molar-refractivity contribution in [3.05, 3.63) is 30.1 Å². The van der Waals surface area contributed by atoms with Crippen LogP contribution in [0.5, 0.6) is 11.8 Å². The van der Waals surface area contributed by atoms with Gasteiger partial charge in [-0.05, 0) is 37.1 Å². The maximum Gasteiger partial charge on any atom is 0.328 e. The van der Waals surface area contributed by atoms with Crippen LogP contribution >= 0.6 is 0 Å². The molecule has 0 bridgehead atoms. The maximum absolute atomic E-state index is 12.9. The van der Waals surface area contributed by atoms with Crippen molar-refractivity contribution >= 4 is 11.9 Å². The second-order valence-electron chi connectivity index (χ2n) is 4.74. The van der Waals surface area contributed by atoms with E-state index in [1.165, 1.54) is 24.3 Å². The fourth-order valence-electron chi connectivity index (χ4n) is 2.17. The van der Waals surface area contributed by atoms with Gasteiger partial charge < -0.3 is 15.0 Å². The molecule has 6 nitrogen and oxygen atoms in total. The summed E-state index contributed by atoms with van der Waals surface area (Å²) in [5.74, 6) is 1.22. The summed E-state index contributed by atoms with van der Waals surface area (Å²) in [7, 11) is 1.74. The molecule has 1 fully saturated rings. The number of ether oxygens (including phenoxy) is 1. The molecular weight excluding hydrogens is 273 g/mol. The summed E-state index contributed by atoms with van der Waals surface area (Å²) >= 11 is 0. The van der Waals surface area contributed by atoms with Gasteiger partial charge in [0.05, 0.1) is 0 Å². The van der Waals surface area contributed by atoms with Crippen LogP contribution in [0.2, 0.25) is 0 Å². The fourth-order valence-corrected chi connectivity index (χ4v) is 2.17. The first kappa shape index (κ1) is 13.5. The van der Waals surface area contributed by atoms with E-state index in [2.05, 4.69) is 25.2 Å². The molecule has 1 aliphatic rings. The van der Waals surface area contributed by atoms with E-state index < -0.39 is 0 Å². The minimum atomic E-state index is -0.313. The van der Waals surface area contributed by atoms with Crippen molar-refractivity contribution in [2.75, 3.05) is 30.4 Å². The molecule has 3 rings (SSSR count). The van der Waals surface area contributed by atoms with Crippen molar-refractivity contribution < 1.29 is 9.13 Å². The molecule has 7 heteroatoms. The fraction of sp³-hybridized carbons (Fsp3) is 0.357. The number of hydrogen-bond acceptors (Lipinski definition) is 6. The maximum atomic E-state index is 12.9. The topological polar surface area (TPSA) is 63.2 Å². The van der Waals surface area contributed by atoms with Crippen LogP contribution in [-0.2, 0) is 0 Å². The summed E-state index contributed by atoms with van der Waals surface area (Å²) in [4.78, 5) is 14.9. The molecule has 0 spiro atoms. The Morgan fingerprint density at radius 3 is 2.48 bits per heavy atom. The summed E-state index contributed by atoms with van der Waals surface area (Å²) in [5, 5.41) is 2.90. The number of halogens is 1. The molecule has 0 radical (unpaired) electrons. The van der Waals surface area contributed by atoms with Gasteiger partial charge in [0.2, 0.25) is 11.9 Å². The van der Waals surface area contributed by atoms with Crippen LogP contribution in [0.3, 0.4) is 0 Å². The van der Waals surface area contributed by atoms with Gasteiger partial charge in [0.1, 0.15) is 11.6 Å². The number of rotatable bonds is 4. The normalized spacial score (nSPS) is 14.3. The minimum absolute atomic E-state index is 0.197. The first-order valence-corrected chi connectivity index (χ1v) is 6.87. The molecule has 1 aliphatic heterocycles. The Labute approximate surface area is 122 Å². The zero-order chi connectivity index (χ0) is 14.7. The van der Waals surface area contributed by atoms with E-state index in [1.54, 1.807) is 7.05 Å². The molecule has 2 heterocycles. The van der Waals surface area contributed by atoms with E-state index in [-0.39, 0.29) is 11.8 Å². The van der Waals surface area contributed by atoms with Crippen molar-refractivity contribution in [2.24, 2.45) is 0 Å². The van der Waals surface area contributed by atoms with Crippen molar-refractivity contribution in [3.63, 3.8) is 0 Å². The number of nitrogens with one attached hydrogen (secondary N) is 1. The van der Waals surface area contributed by atoms with Gasteiger partial charge in [0, 0.05) is 20.1 Å². The molecule has 1 aromatic carbocycles. The smallest absolute Gasteiger partial charge is 0.328 e. The van der Waals surface area contributed by atoms with Gasteiger partial charge in [-0.25, -0.2) is 4.39 Å². The molecule has 1 aromatic heterocycles. The predicted octanol–water partition coefficient (Wildman–Crippen LogP) is 2.44. The second kappa shape index (κ2) is 5.90. The standard InChI is InChI=1S/C14H16FN5O/c1-16-12-17-13(20-8-2-3-9-20)19-14(18-12)21-11-6-4-10(15)5-7-11/h4-7H,2-3,8-9H2,1H3,(H,16,17,18,19). The molecule has 0 aliphatic carbocycles. The number of aromatic nitrogens is 3. The van der Waals surface area contributed by atoms with Crippen LogP contribution in [0.25, 0.3) is 0 Å². The Kier molecular flexibility index (Phi) is 3.81. The van der Waals surface area contributed by atoms with Gasteiger partial charge in [0.15, 0.2) is 0 Å². The lowest BCUT2D eigenvalue weighted by molar-refractivity contribution is 0.439. The Morgan fingerprint density at radius 1 is 1.10 bits per heavy atom. The number of nitrogens with zero attached hydrogens (tertiary/aromatic N) is 4. The molecule has 0 amide bonds. The third-order valence-corrected chi connectivity index (χ3v) is 3.24. The Hall–Kier alpha value is -2.44. The molecule has 0 unspecified atom stereocenters. The molecule has 1 N–H and O–H groups in total. The van der Waals surface area contributed by atoms with Crippen molar-refractivity contribution in [1.82, 2.24) is 15.0 Å². The molecule has 0 saturated carbocycles. The van der Waals surface area contributed by atoms with Gasteiger partial charge in [-0.3, -0.25) is 0 Å². The van der Waals surface area contributed by atoms with Gasteiger partial charge in [-0.15, -0.1) is 0 Å². The van der Waals surface area contributed by atoms with E-state index in [1.807, 2.05) is 0 Å². The molecule has 2 aromatic rings. The number of anilines is 2. The van der Waals surface area contributed by atoms with E-state index in [4.69, 9.17) is 4.74 Å². The highest BCUT2D eigenvalue weighted by molar-refractivity contribution is 5.39. The van der Waals surface area contributed by atoms with E-state index >= 15 is 0 Å². The summed E-state index contributed by atoms with van der Waals surface area (Å²) in [6.45, 7) is 1.87. The van der Waals surface area contributed by atoms with E-state index in [0.717, 1.165) is 25.9 Å². The zero-order valence-electron chi connectivity index (χ0n) is 11.7. The lowest BCUT2D eigenvalue weighted by Crippen LogP contribution is -2.21. The molecular formula is C14H16FN5O. The van der Waals surface area contributed by atoms with Gasteiger partial charge >= 0.3 is 6.01 Å².